The standard InChI is InChI=1S/C20H22N4O3/c1-13-17-16(27-19(13)20(25)22-9-10-26-2)7-6-14-11-24(23-18(14)17)12-15-5-3-4-8-21-15/h3-5,8,11H,6-7,9-10,12H2,1-2H3,(H,22,25). The third-order valence-electron chi connectivity index (χ3n) is 4.76. The minimum absolute atomic E-state index is 0.214. The van der Waals surface area contributed by atoms with Gasteiger partial charge in [-0.25, -0.2) is 0 Å². The summed E-state index contributed by atoms with van der Waals surface area (Å²) < 4.78 is 12.8. The number of nitrogens with zero attached hydrogens (tertiary/aromatic N) is 3. The molecule has 3 aromatic rings. The predicted molar refractivity (Wildman–Crippen MR) is 99.6 cm³/mol. The summed E-state index contributed by atoms with van der Waals surface area (Å²) in [5.41, 5.74) is 4.83. The first kappa shape index (κ1) is 17.5. The number of pyridine rings is 1. The summed E-state index contributed by atoms with van der Waals surface area (Å²) in [6, 6.07) is 5.86. The van der Waals surface area contributed by atoms with Crippen LogP contribution >= 0.6 is 0 Å². The van der Waals surface area contributed by atoms with E-state index in [1.54, 1.807) is 13.3 Å². The minimum Gasteiger partial charge on any atom is -0.455 e. The Bertz CT molecular complexity index is 959. The molecule has 7 nitrogen and oxygen atoms in total. The molecule has 140 valence electrons. The molecule has 3 heterocycles. The number of amides is 1. The summed E-state index contributed by atoms with van der Waals surface area (Å²) in [6.45, 7) is 3.45. The van der Waals surface area contributed by atoms with Crippen LogP contribution in [0.5, 0.6) is 0 Å². The maximum absolute atomic E-state index is 12.4. The Balaban J connectivity index is 1.62. The quantitative estimate of drug-likeness (QED) is 0.677. The molecule has 0 aromatic carbocycles. The fourth-order valence-electron chi connectivity index (χ4n) is 3.47. The Hall–Kier alpha value is -2.93. The number of furan rings is 1. The lowest BCUT2D eigenvalue weighted by atomic mass is 9.93. The number of hydrogen-bond acceptors (Lipinski definition) is 5. The van der Waals surface area contributed by atoms with Crippen molar-refractivity contribution in [2.45, 2.75) is 26.3 Å². The number of methoxy groups -OCH3 is 1. The predicted octanol–water partition coefficient (Wildman–Crippen LogP) is 2.37. The Morgan fingerprint density at radius 1 is 1.37 bits per heavy atom. The Kier molecular flexibility index (Phi) is 4.77. The van der Waals surface area contributed by atoms with Crippen molar-refractivity contribution in [3.8, 4) is 11.3 Å². The number of aryl methyl sites for hydroxylation is 2. The molecule has 0 fully saturated rings. The van der Waals surface area contributed by atoms with Crippen LogP contribution in [0.4, 0.5) is 0 Å². The summed E-state index contributed by atoms with van der Waals surface area (Å²) in [6.07, 6.45) is 5.47. The highest BCUT2D eigenvalue weighted by atomic mass is 16.5. The monoisotopic (exact) mass is 366 g/mol. The molecule has 7 heteroatoms. The van der Waals surface area contributed by atoms with E-state index in [9.17, 15) is 4.79 Å². The fraction of sp³-hybridized carbons (Fsp3) is 0.350. The van der Waals surface area contributed by atoms with Gasteiger partial charge in [0.15, 0.2) is 5.76 Å². The van der Waals surface area contributed by atoms with E-state index in [0.717, 1.165) is 41.1 Å². The first-order valence-corrected chi connectivity index (χ1v) is 9.03. The van der Waals surface area contributed by atoms with Crippen molar-refractivity contribution >= 4 is 5.91 Å². The fourth-order valence-corrected chi connectivity index (χ4v) is 3.47. The molecule has 27 heavy (non-hydrogen) atoms. The van der Waals surface area contributed by atoms with E-state index in [1.807, 2.05) is 29.8 Å². The molecule has 1 aliphatic carbocycles. The lowest BCUT2D eigenvalue weighted by Gasteiger charge is -2.09. The maximum atomic E-state index is 12.4. The highest BCUT2D eigenvalue weighted by molar-refractivity contribution is 5.95. The molecule has 0 radical (unpaired) electrons. The highest BCUT2D eigenvalue weighted by Crippen LogP contribution is 2.38. The summed E-state index contributed by atoms with van der Waals surface area (Å²) >= 11 is 0. The van der Waals surface area contributed by atoms with Gasteiger partial charge >= 0.3 is 0 Å². The second-order valence-corrected chi connectivity index (χ2v) is 6.62. The second kappa shape index (κ2) is 7.36. The molecule has 1 N–H and O–H groups in total. The summed E-state index contributed by atoms with van der Waals surface area (Å²) in [5.74, 6) is 0.983. The van der Waals surface area contributed by atoms with Crippen LogP contribution in [0.2, 0.25) is 0 Å². The largest absolute Gasteiger partial charge is 0.455 e. The van der Waals surface area contributed by atoms with Crippen LogP contribution in [0.25, 0.3) is 11.3 Å². The smallest absolute Gasteiger partial charge is 0.287 e. The van der Waals surface area contributed by atoms with E-state index in [2.05, 4.69) is 16.5 Å². The molecule has 4 rings (SSSR count). The van der Waals surface area contributed by atoms with Gasteiger partial charge in [-0.1, -0.05) is 6.07 Å². The van der Waals surface area contributed by atoms with Crippen LogP contribution in [-0.4, -0.2) is 40.9 Å². The van der Waals surface area contributed by atoms with Gasteiger partial charge in [-0.2, -0.15) is 5.10 Å². The Morgan fingerprint density at radius 3 is 3.04 bits per heavy atom. The number of ether oxygens (including phenoxy) is 1. The molecule has 3 aromatic heterocycles. The van der Waals surface area contributed by atoms with E-state index in [4.69, 9.17) is 14.3 Å². The normalized spacial score (nSPS) is 12.5. The Labute approximate surface area is 157 Å². The van der Waals surface area contributed by atoms with Crippen molar-refractivity contribution in [2.24, 2.45) is 0 Å². The first-order chi connectivity index (χ1) is 13.2. The van der Waals surface area contributed by atoms with Crippen LogP contribution in [0.15, 0.2) is 35.0 Å². The van der Waals surface area contributed by atoms with Crippen molar-refractivity contribution in [2.75, 3.05) is 20.3 Å². The summed E-state index contributed by atoms with van der Waals surface area (Å²) in [5, 5.41) is 7.58. The van der Waals surface area contributed by atoms with Crippen molar-refractivity contribution in [3.05, 3.63) is 58.9 Å². The molecule has 0 unspecified atom stereocenters. The average molecular weight is 366 g/mol. The second-order valence-electron chi connectivity index (χ2n) is 6.62. The zero-order chi connectivity index (χ0) is 18.8. The van der Waals surface area contributed by atoms with Gasteiger partial charge in [0, 0.05) is 43.6 Å². The van der Waals surface area contributed by atoms with Crippen molar-refractivity contribution in [1.29, 1.82) is 0 Å². The van der Waals surface area contributed by atoms with E-state index >= 15 is 0 Å². The minimum atomic E-state index is -0.214. The van der Waals surface area contributed by atoms with Crippen LogP contribution in [0, 0.1) is 6.92 Å². The van der Waals surface area contributed by atoms with Gasteiger partial charge in [-0.05, 0) is 31.0 Å². The molecule has 0 saturated carbocycles. The van der Waals surface area contributed by atoms with Crippen LogP contribution < -0.4 is 5.32 Å². The van der Waals surface area contributed by atoms with Crippen molar-refractivity contribution in [3.63, 3.8) is 0 Å². The maximum Gasteiger partial charge on any atom is 0.287 e. The number of nitrogens with one attached hydrogen (secondary N) is 1. The van der Waals surface area contributed by atoms with Crippen molar-refractivity contribution in [1.82, 2.24) is 20.1 Å². The summed E-state index contributed by atoms with van der Waals surface area (Å²) in [4.78, 5) is 16.8. The van der Waals surface area contributed by atoms with Crippen LogP contribution in [0.3, 0.4) is 0 Å². The van der Waals surface area contributed by atoms with Gasteiger partial charge in [-0.3, -0.25) is 14.5 Å². The third kappa shape index (κ3) is 3.38. The molecule has 0 bridgehead atoms. The molecule has 0 spiro atoms. The number of carbonyl (C=O) groups is 1. The number of rotatable bonds is 6. The van der Waals surface area contributed by atoms with Gasteiger partial charge in [0.1, 0.15) is 5.76 Å². The molecular formula is C20H22N4O3. The van der Waals surface area contributed by atoms with Crippen molar-refractivity contribution < 1.29 is 13.9 Å². The first-order valence-electron chi connectivity index (χ1n) is 9.03. The van der Waals surface area contributed by atoms with Crippen LogP contribution in [0.1, 0.15) is 33.1 Å². The number of aromatic nitrogens is 3. The number of carbonyl (C=O) groups excluding carboxylic acids is 1. The molecule has 0 aliphatic heterocycles. The van der Waals surface area contributed by atoms with Gasteiger partial charge < -0.3 is 14.5 Å². The van der Waals surface area contributed by atoms with Gasteiger partial charge in [0.05, 0.1) is 24.5 Å². The van der Waals surface area contributed by atoms with E-state index in [0.29, 0.717) is 25.5 Å². The van der Waals surface area contributed by atoms with Gasteiger partial charge in [0.25, 0.3) is 5.91 Å². The van der Waals surface area contributed by atoms with E-state index < -0.39 is 0 Å². The lowest BCUT2D eigenvalue weighted by Crippen LogP contribution is -2.27. The molecular weight excluding hydrogens is 344 g/mol. The average Bonchev–Trinajstić information content (AvgIpc) is 3.23. The summed E-state index contributed by atoms with van der Waals surface area (Å²) in [7, 11) is 1.60. The van der Waals surface area contributed by atoms with Gasteiger partial charge in [0.2, 0.25) is 0 Å². The number of hydrogen-bond donors (Lipinski definition) is 1. The molecule has 1 aliphatic rings. The van der Waals surface area contributed by atoms with Crippen LogP contribution in [-0.2, 0) is 24.1 Å². The molecule has 0 atom stereocenters. The van der Waals surface area contributed by atoms with E-state index in [-0.39, 0.29) is 5.91 Å². The van der Waals surface area contributed by atoms with E-state index in [1.165, 1.54) is 5.56 Å². The number of fused-ring (bicyclic) bond motifs is 3. The Morgan fingerprint density at radius 2 is 2.26 bits per heavy atom. The molecule has 1 amide bonds. The van der Waals surface area contributed by atoms with Gasteiger partial charge in [-0.15, -0.1) is 0 Å². The third-order valence-corrected chi connectivity index (χ3v) is 4.76. The zero-order valence-electron chi connectivity index (χ0n) is 15.5. The highest BCUT2D eigenvalue weighted by Gasteiger charge is 2.29. The SMILES string of the molecule is COCCNC(=O)c1oc2c(c1C)-c1nn(Cc3ccccn3)cc1CC2. The lowest BCUT2D eigenvalue weighted by molar-refractivity contribution is 0.0907. The zero-order valence-corrected chi connectivity index (χ0v) is 15.5. The topological polar surface area (TPSA) is 82.2 Å². The molecule has 0 saturated heterocycles.